The maximum Gasteiger partial charge on any atom is 0.171 e. The van der Waals surface area contributed by atoms with Crippen molar-refractivity contribution in [1.82, 2.24) is 0 Å². The standard InChI is InChI=1S/C14H20O3/c1-4-16-13-7-5-6-12(10-15)14(13)17-9-8-11(2)3/h5-7,10-11H,4,8-9H2,1-3H3. The number of rotatable bonds is 7. The largest absolute Gasteiger partial charge is 0.490 e. The summed E-state index contributed by atoms with van der Waals surface area (Å²) in [7, 11) is 0. The number of para-hydroxylation sites is 1. The van der Waals surface area contributed by atoms with Crippen LogP contribution in [0.15, 0.2) is 18.2 Å². The Morgan fingerprint density at radius 3 is 2.65 bits per heavy atom. The van der Waals surface area contributed by atoms with Gasteiger partial charge >= 0.3 is 0 Å². The van der Waals surface area contributed by atoms with Gasteiger partial charge in [-0.25, -0.2) is 0 Å². The summed E-state index contributed by atoms with van der Waals surface area (Å²) in [5, 5.41) is 0. The zero-order valence-electron chi connectivity index (χ0n) is 10.7. The number of carbonyl (C=O) groups excluding carboxylic acids is 1. The van der Waals surface area contributed by atoms with Crippen LogP contribution >= 0.6 is 0 Å². The normalized spacial score (nSPS) is 10.4. The quantitative estimate of drug-likeness (QED) is 0.681. The first-order valence-corrected chi connectivity index (χ1v) is 6.02. The Morgan fingerprint density at radius 2 is 2.06 bits per heavy atom. The molecule has 0 aromatic heterocycles. The molecule has 3 heteroatoms. The summed E-state index contributed by atoms with van der Waals surface area (Å²) in [5.41, 5.74) is 0.541. The van der Waals surface area contributed by atoms with Gasteiger partial charge in [0.1, 0.15) is 0 Å². The van der Waals surface area contributed by atoms with Gasteiger partial charge in [-0.2, -0.15) is 0 Å². The van der Waals surface area contributed by atoms with Crippen LogP contribution in [0.1, 0.15) is 37.6 Å². The summed E-state index contributed by atoms with van der Waals surface area (Å²) in [5.74, 6) is 1.78. The molecule has 0 bridgehead atoms. The van der Waals surface area contributed by atoms with Crippen LogP contribution in [0.25, 0.3) is 0 Å². The van der Waals surface area contributed by atoms with Crippen LogP contribution in [0.3, 0.4) is 0 Å². The molecular weight excluding hydrogens is 216 g/mol. The van der Waals surface area contributed by atoms with Crippen LogP contribution < -0.4 is 9.47 Å². The molecule has 0 saturated carbocycles. The van der Waals surface area contributed by atoms with Gasteiger partial charge in [-0.05, 0) is 31.4 Å². The molecule has 17 heavy (non-hydrogen) atoms. The second kappa shape index (κ2) is 6.94. The molecule has 0 spiro atoms. The van der Waals surface area contributed by atoms with Gasteiger partial charge < -0.3 is 9.47 Å². The van der Waals surface area contributed by atoms with E-state index in [0.717, 1.165) is 12.7 Å². The van der Waals surface area contributed by atoms with Gasteiger partial charge in [-0.1, -0.05) is 19.9 Å². The highest BCUT2D eigenvalue weighted by Crippen LogP contribution is 2.30. The Kier molecular flexibility index (Phi) is 5.53. The summed E-state index contributed by atoms with van der Waals surface area (Å²) in [6, 6.07) is 5.35. The number of benzene rings is 1. The highest BCUT2D eigenvalue weighted by atomic mass is 16.5. The molecule has 1 aromatic carbocycles. The Hall–Kier alpha value is -1.51. The third-order valence-corrected chi connectivity index (χ3v) is 2.38. The van der Waals surface area contributed by atoms with Crippen LogP contribution in [0, 0.1) is 5.92 Å². The molecule has 0 aliphatic heterocycles. The molecule has 0 unspecified atom stereocenters. The summed E-state index contributed by atoms with van der Waals surface area (Å²) in [6.45, 7) is 7.34. The lowest BCUT2D eigenvalue weighted by atomic mass is 10.1. The van der Waals surface area contributed by atoms with Crippen molar-refractivity contribution in [1.29, 1.82) is 0 Å². The lowest BCUT2D eigenvalue weighted by Gasteiger charge is -2.14. The Balaban J connectivity index is 2.81. The van der Waals surface area contributed by atoms with Gasteiger partial charge in [0.2, 0.25) is 0 Å². The highest BCUT2D eigenvalue weighted by molar-refractivity contribution is 5.81. The molecule has 0 amide bonds. The van der Waals surface area contributed by atoms with Gasteiger partial charge in [0, 0.05) is 0 Å². The lowest BCUT2D eigenvalue weighted by molar-refractivity contribution is 0.111. The smallest absolute Gasteiger partial charge is 0.171 e. The van der Waals surface area contributed by atoms with Crippen molar-refractivity contribution >= 4 is 6.29 Å². The molecule has 0 aliphatic rings. The summed E-state index contributed by atoms with van der Waals surface area (Å²) >= 11 is 0. The van der Waals surface area contributed by atoms with E-state index in [0.29, 0.717) is 36.2 Å². The van der Waals surface area contributed by atoms with Gasteiger partial charge in [0.05, 0.1) is 18.8 Å². The van der Waals surface area contributed by atoms with Gasteiger partial charge in [0.25, 0.3) is 0 Å². The SMILES string of the molecule is CCOc1cccc(C=O)c1OCCC(C)C. The van der Waals surface area contributed by atoms with Gasteiger partial charge in [-0.3, -0.25) is 4.79 Å². The molecule has 0 atom stereocenters. The van der Waals surface area contributed by atoms with Crippen LogP contribution in [0.5, 0.6) is 11.5 Å². The average Bonchev–Trinajstić information content (AvgIpc) is 2.30. The monoisotopic (exact) mass is 236 g/mol. The first kappa shape index (κ1) is 13.6. The van der Waals surface area contributed by atoms with E-state index in [4.69, 9.17) is 9.47 Å². The maximum atomic E-state index is 10.9. The highest BCUT2D eigenvalue weighted by Gasteiger charge is 2.10. The summed E-state index contributed by atoms with van der Waals surface area (Å²) < 4.78 is 11.1. The van der Waals surface area contributed by atoms with Crippen LogP contribution in [-0.4, -0.2) is 19.5 Å². The fraction of sp³-hybridized carbons (Fsp3) is 0.500. The number of aldehydes is 1. The number of carbonyl (C=O) groups is 1. The van der Waals surface area contributed by atoms with Gasteiger partial charge in [-0.15, -0.1) is 0 Å². The van der Waals surface area contributed by atoms with Crippen LogP contribution in [-0.2, 0) is 0 Å². The third-order valence-electron chi connectivity index (χ3n) is 2.38. The van der Waals surface area contributed by atoms with Crippen molar-refractivity contribution in [2.24, 2.45) is 5.92 Å². The Morgan fingerprint density at radius 1 is 1.29 bits per heavy atom. The number of hydrogen-bond donors (Lipinski definition) is 0. The minimum absolute atomic E-state index is 0.541. The molecule has 3 nitrogen and oxygen atoms in total. The number of hydrogen-bond acceptors (Lipinski definition) is 3. The predicted molar refractivity (Wildman–Crippen MR) is 67.9 cm³/mol. The third kappa shape index (κ3) is 4.10. The van der Waals surface area contributed by atoms with Crippen molar-refractivity contribution in [3.05, 3.63) is 23.8 Å². The fourth-order valence-corrected chi connectivity index (χ4v) is 1.45. The molecule has 0 radical (unpaired) electrons. The molecule has 0 saturated heterocycles. The van der Waals surface area contributed by atoms with Crippen LogP contribution in [0.2, 0.25) is 0 Å². The van der Waals surface area contributed by atoms with Crippen molar-refractivity contribution < 1.29 is 14.3 Å². The van der Waals surface area contributed by atoms with E-state index in [1.807, 2.05) is 13.0 Å². The topological polar surface area (TPSA) is 35.5 Å². The average molecular weight is 236 g/mol. The second-order valence-electron chi connectivity index (χ2n) is 4.26. The van der Waals surface area contributed by atoms with E-state index in [9.17, 15) is 4.79 Å². The zero-order valence-corrected chi connectivity index (χ0v) is 10.7. The van der Waals surface area contributed by atoms with E-state index in [1.165, 1.54) is 0 Å². The molecule has 1 aromatic rings. The Bertz CT molecular complexity index is 358. The van der Waals surface area contributed by atoms with Crippen LogP contribution in [0.4, 0.5) is 0 Å². The van der Waals surface area contributed by atoms with E-state index in [2.05, 4.69) is 13.8 Å². The van der Waals surface area contributed by atoms with E-state index >= 15 is 0 Å². The zero-order chi connectivity index (χ0) is 12.7. The molecule has 0 fully saturated rings. The fourth-order valence-electron chi connectivity index (χ4n) is 1.45. The summed E-state index contributed by atoms with van der Waals surface area (Å²) in [4.78, 5) is 10.9. The molecule has 0 aliphatic carbocycles. The Labute approximate surface area is 103 Å². The molecule has 1 rings (SSSR count). The van der Waals surface area contributed by atoms with E-state index in [-0.39, 0.29) is 0 Å². The molecule has 0 heterocycles. The lowest BCUT2D eigenvalue weighted by Crippen LogP contribution is -2.05. The predicted octanol–water partition coefficient (Wildman–Crippen LogP) is 3.32. The van der Waals surface area contributed by atoms with E-state index < -0.39 is 0 Å². The number of ether oxygens (including phenoxy) is 2. The molecule has 94 valence electrons. The molecule has 0 N–H and O–H groups in total. The van der Waals surface area contributed by atoms with E-state index in [1.54, 1.807) is 12.1 Å². The van der Waals surface area contributed by atoms with Crippen molar-refractivity contribution in [2.45, 2.75) is 27.2 Å². The minimum atomic E-state index is 0.541. The van der Waals surface area contributed by atoms with Crippen molar-refractivity contribution in [3.63, 3.8) is 0 Å². The first-order chi connectivity index (χ1) is 8.19. The van der Waals surface area contributed by atoms with Crippen molar-refractivity contribution in [3.8, 4) is 11.5 Å². The van der Waals surface area contributed by atoms with Crippen molar-refractivity contribution in [2.75, 3.05) is 13.2 Å². The van der Waals surface area contributed by atoms with Gasteiger partial charge in [0.15, 0.2) is 17.8 Å². The minimum Gasteiger partial charge on any atom is -0.490 e. The summed E-state index contributed by atoms with van der Waals surface area (Å²) in [6.07, 6.45) is 1.76. The second-order valence-corrected chi connectivity index (χ2v) is 4.26. The molecular formula is C14H20O3. The maximum absolute atomic E-state index is 10.9. The first-order valence-electron chi connectivity index (χ1n) is 6.02.